The van der Waals surface area contributed by atoms with Crippen LogP contribution in [0.3, 0.4) is 0 Å². The number of carboxylic acids is 1. The molecule has 4 heteroatoms. The van der Waals surface area contributed by atoms with E-state index in [4.69, 9.17) is 9.47 Å². The molecule has 1 N–H and O–H groups in total. The van der Waals surface area contributed by atoms with E-state index >= 15 is 0 Å². The molecule has 2 heterocycles. The van der Waals surface area contributed by atoms with Crippen LogP contribution in [0.4, 0.5) is 0 Å². The Morgan fingerprint density at radius 2 is 1.76 bits per heavy atom. The zero-order valence-electron chi connectivity index (χ0n) is 9.83. The van der Waals surface area contributed by atoms with Crippen molar-refractivity contribution in [2.75, 3.05) is 0 Å². The van der Waals surface area contributed by atoms with Crippen molar-refractivity contribution >= 4 is 5.97 Å². The molecule has 2 saturated carbocycles. The minimum atomic E-state index is -0.627. The summed E-state index contributed by atoms with van der Waals surface area (Å²) >= 11 is 0. The molecule has 2 saturated heterocycles. The molecule has 0 aromatic carbocycles. The molecule has 2 aliphatic carbocycles. The SMILES string of the molecule is O=C(O)C1([C]2CCC34OC3(C2)O4)CCCCC1. The number of aliphatic carboxylic acids is 1. The summed E-state index contributed by atoms with van der Waals surface area (Å²) in [6.45, 7) is 0. The van der Waals surface area contributed by atoms with Crippen molar-refractivity contribution in [3.05, 3.63) is 5.92 Å². The molecule has 4 aliphatic rings. The first-order valence-corrected chi connectivity index (χ1v) is 6.62. The number of hydrogen-bond donors (Lipinski definition) is 1. The lowest BCUT2D eigenvalue weighted by Gasteiger charge is -2.40. The number of epoxide rings is 2. The van der Waals surface area contributed by atoms with Crippen LogP contribution in [0.25, 0.3) is 0 Å². The zero-order chi connectivity index (χ0) is 11.7. The Kier molecular flexibility index (Phi) is 1.74. The Balaban J connectivity index is 1.59. The summed E-state index contributed by atoms with van der Waals surface area (Å²) in [6.07, 6.45) is 7.31. The molecule has 93 valence electrons. The van der Waals surface area contributed by atoms with Crippen LogP contribution in [0.1, 0.15) is 51.4 Å². The number of carboxylic acid groups (broad SMARTS) is 1. The third-order valence-electron chi connectivity index (χ3n) is 5.15. The molecule has 4 nitrogen and oxygen atoms in total. The van der Waals surface area contributed by atoms with Gasteiger partial charge in [0.15, 0.2) is 0 Å². The predicted octanol–water partition coefficient (Wildman–Crippen LogP) is 2.23. The molecule has 0 bridgehead atoms. The van der Waals surface area contributed by atoms with E-state index in [0.717, 1.165) is 44.9 Å². The molecule has 0 aromatic heterocycles. The average molecular weight is 237 g/mol. The van der Waals surface area contributed by atoms with E-state index in [9.17, 15) is 9.90 Å². The van der Waals surface area contributed by atoms with Crippen LogP contribution in [0, 0.1) is 11.3 Å². The molecule has 2 aliphatic heterocycles. The van der Waals surface area contributed by atoms with Gasteiger partial charge >= 0.3 is 5.97 Å². The van der Waals surface area contributed by atoms with Crippen LogP contribution >= 0.6 is 0 Å². The molecule has 0 aromatic rings. The van der Waals surface area contributed by atoms with Crippen LogP contribution in [-0.4, -0.2) is 22.7 Å². The normalized spacial score (nSPS) is 46.8. The van der Waals surface area contributed by atoms with Crippen molar-refractivity contribution in [2.45, 2.75) is 62.9 Å². The van der Waals surface area contributed by atoms with Gasteiger partial charge in [0.05, 0.1) is 5.41 Å². The lowest BCUT2D eigenvalue weighted by molar-refractivity contribution is -0.150. The van der Waals surface area contributed by atoms with E-state index in [2.05, 4.69) is 0 Å². The van der Waals surface area contributed by atoms with Gasteiger partial charge in [-0.25, -0.2) is 0 Å². The van der Waals surface area contributed by atoms with Crippen LogP contribution in [0.15, 0.2) is 0 Å². The highest BCUT2D eigenvalue weighted by atomic mass is 17.0. The topological polar surface area (TPSA) is 62.4 Å². The van der Waals surface area contributed by atoms with E-state index in [1.807, 2.05) is 0 Å². The van der Waals surface area contributed by atoms with Gasteiger partial charge < -0.3 is 14.6 Å². The largest absolute Gasteiger partial charge is 0.481 e. The fourth-order valence-electron chi connectivity index (χ4n) is 3.96. The summed E-state index contributed by atoms with van der Waals surface area (Å²) in [5.74, 6) is -0.0987. The van der Waals surface area contributed by atoms with Crippen LogP contribution < -0.4 is 0 Å². The fraction of sp³-hybridized carbons (Fsp3) is 0.846. The summed E-state index contributed by atoms with van der Waals surface area (Å²) < 4.78 is 11.1. The molecule has 0 spiro atoms. The number of ether oxygens (including phenoxy) is 2. The molecule has 0 atom stereocenters. The van der Waals surface area contributed by atoms with Gasteiger partial charge in [0.2, 0.25) is 11.6 Å². The maximum absolute atomic E-state index is 11.7. The monoisotopic (exact) mass is 237 g/mol. The highest BCUT2D eigenvalue weighted by Crippen LogP contribution is 2.77. The summed E-state index contributed by atoms with van der Waals surface area (Å²) in [5.41, 5.74) is -0.572. The molecule has 17 heavy (non-hydrogen) atoms. The van der Waals surface area contributed by atoms with Crippen molar-refractivity contribution in [1.29, 1.82) is 0 Å². The Labute approximate surface area is 100 Å². The summed E-state index contributed by atoms with van der Waals surface area (Å²) in [4.78, 5) is 11.7. The van der Waals surface area contributed by atoms with Crippen LogP contribution in [0.5, 0.6) is 0 Å². The highest BCUT2D eigenvalue weighted by molar-refractivity contribution is 5.78. The Morgan fingerprint density at radius 3 is 2.35 bits per heavy atom. The molecular weight excluding hydrogens is 220 g/mol. The first kappa shape index (κ1) is 10.3. The first-order valence-electron chi connectivity index (χ1n) is 6.62. The predicted molar refractivity (Wildman–Crippen MR) is 57.9 cm³/mol. The van der Waals surface area contributed by atoms with Gasteiger partial charge in [-0.05, 0) is 25.2 Å². The average Bonchev–Trinajstić information content (AvgIpc) is 3.14. The zero-order valence-corrected chi connectivity index (χ0v) is 9.83. The van der Waals surface area contributed by atoms with Gasteiger partial charge in [0, 0.05) is 12.8 Å². The van der Waals surface area contributed by atoms with Gasteiger partial charge in [-0.3, -0.25) is 4.79 Å². The van der Waals surface area contributed by atoms with E-state index < -0.39 is 11.4 Å². The van der Waals surface area contributed by atoms with Gasteiger partial charge in [-0.15, -0.1) is 0 Å². The van der Waals surface area contributed by atoms with E-state index in [1.54, 1.807) is 0 Å². The molecule has 4 fully saturated rings. The maximum atomic E-state index is 11.7. The third-order valence-corrected chi connectivity index (χ3v) is 5.15. The van der Waals surface area contributed by atoms with Crippen molar-refractivity contribution in [2.24, 2.45) is 5.41 Å². The van der Waals surface area contributed by atoms with Crippen molar-refractivity contribution < 1.29 is 19.4 Å². The molecule has 0 unspecified atom stereocenters. The fourth-order valence-corrected chi connectivity index (χ4v) is 3.96. The number of rotatable bonds is 2. The van der Waals surface area contributed by atoms with Crippen LogP contribution in [-0.2, 0) is 14.3 Å². The molecule has 4 rings (SSSR count). The molecule has 1 radical (unpaired) electrons. The van der Waals surface area contributed by atoms with E-state index in [0.29, 0.717) is 0 Å². The quantitative estimate of drug-likeness (QED) is 0.748. The molecular formula is C13H17O4. The van der Waals surface area contributed by atoms with Crippen molar-refractivity contribution in [3.63, 3.8) is 0 Å². The maximum Gasteiger partial charge on any atom is 0.310 e. The Morgan fingerprint density at radius 1 is 1.06 bits per heavy atom. The number of carbonyl (C=O) groups is 1. The first-order chi connectivity index (χ1) is 8.13. The second-order valence-electron chi connectivity index (χ2n) is 5.94. The molecule has 0 amide bonds. The smallest absolute Gasteiger partial charge is 0.310 e. The Bertz CT molecular complexity index is 377. The van der Waals surface area contributed by atoms with Crippen molar-refractivity contribution in [3.8, 4) is 0 Å². The van der Waals surface area contributed by atoms with Gasteiger partial charge in [0.1, 0.15) is 0 Å². The minimum absolute atomic E-state index is 0.273. The standard InChI is InChI=1S/C13H17O4/c14-10(15)11(5-2-1-3-6-11)9-4-7-12-13(8-9,16-12)17-12/h1-8H2,(H,14,15). The van der Waals surface area contributed by atoms with Gasteiger partial charge in [-0.1, -0.05) is 19.3 Å². The van der Waals surface area contributed by atoms with Crippen molar-refractivity contribution in [1.82, 2.24) is 0 Å². The number of hydrogen-bond acceptors (Lipinski definition) is 3. The third kappa shape index (κ3) is 1.13. The summed E-state index contributed by atoms with van der Waals surface area (Å²) in [6, 6.07) is 0. The summed E-state index contributed by atoms with van der Waals surface area (Å²) in [5, 5.41) is 9.63. The van der Waals surface area contributed by atoms with E-state index in [1.165, 1.54) is 12.3 Å². The minimum Gasteiger partial charge on any atom is -0.481 e. The van der Waals surface area contributed by atoms with Gasteiger partial charge in [0.25, 0.3) is 0 Å². The highest BCUT2D eigenvalue weighted by Gasteiger charge is 2.92. The second kappa shape index (κ2) is 2.86. The summed E-state index contributed by atoms with van der Waals surface area (Å²) in [7, 11) is 0. The second-order valence-corrected chi connectivity index (χ2v) is 5.94. The van der Waals surface area contributed by atoms with E-state index in [-0.39, 0.29) is 11.6 Å². The van der Waals surface area contributed by atoms with Crippen LogP contribution in [0.2, 0.25) is 0 Å². The van der Waals surface area contributed by atoms with Gasteiger partial charge in [-0.2, -0.15) is 0 Å². The lowest BCUT2D eigenvalue weighted by atomic mass is 9.62. The Hall–Kier alpha value is -0.610. The lowest BCUT2D eigenvalue weighted by Crippen LogP contribution is -2.41.